The summed E-state index contributed by atoms with van der Waals surface area (Å²) in [6.45, 7) is 0. The highest BCUT2D eigenvalue weighted by atomic mass is 35.5. The number of carbonyl (C=O) groups excluding carboxylic acids is 2. The van der Waals surface area contributed by atoms with Crippen LogP contribution in [-0.2, 0) is 9.59 Å². The van der Waals surface area contributed by atoms with Crippen molar-refractivity contribution in [2.75, 3.05) is 23.9 Å². The van der Waals surface area contributed by atoms with Crippen molar-refractivity contribution in [3.63, 3.8) is 0 Å². The van der Waals surface area contributed by atoms with Crippen LogP contribution in [0.4, 0.5) is 14.5 Å². The minimum atomic E-state index is -1.07. The van der Waals surface area contributed by atoms with Crippen LogP contribution in [-0.4, -0.2) is 41.3 Å². The standard InChI is InChI=1S/C13H13ClF2N2O2S/c1-18(8-2-3-21-6-8)13(20)12(19)17-11-9(15)4-7(14)5-10(11)16/h4-5,8H,2-3,6H2,1H3,(H,17,19). The molecule has 0 aliphatic carbocycles. The summed E-state index contributed by atoms with van der Waals surface area (Å²) in [6, 6.07) is 1.69. The van der Waals surface area contributed by atoms with Crippen LogP contribution >= 0.6 is 23.4 Å². The van der Waals surface area contributed by atoms with E-state index in [4.69, 9.17) is 11.6 Å². The maximum atomic E-state index is 13.6. The summed E-state index contributed by atoms with van der Waals surface area (Å²) in [5, 5.41) is 1.83. The van der Waals surface area contributed by atoms with Crippen molar-refractivity contribution in [3.05, 3.63) is 28.8 Å². The Kier molecular flexibility index (Phi) is 5.05. The number of nitrogens with one attached hydrogen (secondary N) is 1. The van der Waals surface area contributed by atoms with Crippen LogP contribution in [0.5, 0.6) is 0 Å². The number of benzene rings is 1. The molecule has 4 nitrogen and oxygen atoms in total. The highest BCUT2D eigenvalue weighted by Gasteiger charge is 2.29. The van der Waals surface area contributed by atoms with Gasteiger partial charge >= 0.3 is 11.8 Å². The summed E-state index contributed by atoms with van der Waals surface area (Å²) >= 11 is 7.18. The maximum absolute atomic E-state index is 13.6. The van der Waals surface area contributed by atoms with Gasteiger partial charge in [0.2, 0.25) is 0 Å². The van der Waals surface area contributed by atoms with E-state index in [-0.39, 0.29) is 11.1 Å². The Bertz CT molecular complexity index is 556. The van der Waals surface area contributed by atoms with Crippen molar-refractivity contribution in [3.8, 4) is 0 Å². The van der Waals surface area contributed by atoms with Gasteiger partial charge in [-0.25, -0.2) is 8.78 Å². The fraction of sp³-hybridized carbons (Fsp3) is 0.385. The average Bonchev–Trinajstić information content (AvgIpc) is 2.94. The number of carbonyl (C=O) groups is 2. The van der Waals surface area contributed by atoms with Gasteiger partial charge in [0.15, 0.2) is 11.6 Å². The molecule has 0 aromatic heterocycles. The molecule has 1 N–H and O–H groups in total. The van der Waals surface area contributed by atoms with Crippen LogP contribution in [0.25, 0.3) is 0 Å². The zero-order valence-electron chi connectivity index (χ0n) is 11.2. The molecule has 1 fully saturated rings. The van der Waals surface area contributed by atoms with Gasteiger partial charge in [-0.3, -0.25) is 9.59 Å². The smallest absolute Gasteiger partial charge is 0.314 e. The number of nitrogens with zero attached hydrogens (tertiary/aromatic N) is 1. The first-order valence-electron chi connectivity index (χ1n) is 6.20. The molecule has 1 aromatic rings. The lowest BCUT2D eigenvalue weighted by Crippen LogP contribution is -2.43. The van der Waals surface area contributed by atoms with E-state index in [1.54, 1.807) is 11.8 Å². The van der Waals surface area contributed by atoms with E-state index in [0.29, 0.717) is 0 Å². The number of hydrogen-bond acceptors (Lipinski definition) is 3. The molecule has 1 atom stereocenters. The lowest BCUT2D eigenvalue weighted by atomic mass is 10.2. The van der Waals surface area contributed by atoms with Gasteiger partial charge in [-0.1, -0.05) is 11.6 Å². The van der Waals surface area contributed by atoms with E-state index in [1.165, 1.54) is 11.9 Å². The van der Waals surface area contributed by atoms with Crippen LogP contribution in [0.3, 0.4) is 0 Å². The predicted molar refractivity (Wildman–Crippen MR) is 78.5 cm³/mol. The van der Waals surface area contributed by atoms with Crippen LogP contribution in [0, 0.1) is 11.6 Å². The molecule has 0 spiro atoms. The Hall–Kier alpha value is -1.34. The van der Waals surface area contributed by atoms with Gasteiger partial charge in [0.05, 0.1) is 0 Å². The number of amides is 2. The van der Waals surface area contributed by atoms with Gasteiger partial charge in [-0.15, -0.1) is 0 Å². The first-order valence-corrected chi connectivity index (χ1v) is 7.74. The third-order valence-electron chi connectivity index (χ3n) is 3.21. The third-order valence-corrected chi connectivity index (χ3v) is 4.58. The Balaban J connectivity index is 2.09. The van der Waals surface area contributed by atoms with Crippen molar-refractivity contribution in [1.82, 2.24) is 4.90 Å². The normalized spacial score (nSPS) is 17.6. The zero-order valence-corrected chi connectivity index (χ0v) is 12.7. The largest absolute Gasteiger partial charge is 0.334 e. The van der Waals surface area contributed by atoms with E-state index in [0.717, 1.165) is 30.1 Å². The van der Waals surface area contributed by atoms with Gasteiger partial charge in [0.1, 0.15) is 5.69 Å². The Morgan fingerprint density at radius 1 is 1.38 bits per heavy atom. The monoisotopic (exact) mass is 334 g/mol. The maximum Gasteiger partial charge on any atom is 0.314 e. The predicted octanol–water partition coefficient (Wildman–Crippen LogP) is 2.52. The summed E-state index contributed by atoms with van der Waals surface area (Å²) in [6.07, 6.45) is 0.795. The molecule has 2 rings (SSSR count). The second-order valence-corrected chi connectivity index (χ2v) is 6.22. The first kappa shape index (κ1) is 16.0. The Labute approximate surface area is 129 Å². The molecule has 21 heavy (non-hydrogen) atoms. The van der Waals surface area contributed by atoms with Crippen LogP contribution in [0.1, 0.15) is 6.42 Å². The molecule has 0 saturated carbocycles. The highest BCUT2D eigenvalue weighted by Crippen LogP contribution is 2.24. The molecule has 2 amide bonds. The molecule has 8 heteroatoms. The van der Waals surface area contributed by atoms with E-state index >= 15 is 0 Å². The quantitative estimate of drug-likeness (QED) is 0.846. The number of thioether (sulfide) groups is 1. The average molecular weight is 335 g/mol. The molecule has 1 aliphatic heterocycles. The molecule has 1 heterocycles. The summed E-state index contributed by atoms with van der Waals surface area (Å²) in [7, 11) is 1.51. The van der Waals surface area contributed by atoms with Gasteiger partial charge in [0, 0.05) is 23.9 Å². The second kappa shape index (κ2) is 6.62. The number of rotatable bonds is 2. The molecule has 1 unspecified atom stereocenters. The van der Waals surface area contributed by atoms with Gasteiger partial charge in [-0.2, -0.15) is 11.8 Å². The van der Waals surface area contributed by atoms with Crippen molar-refractivity contribution in [2.24, 2.45) is 0 Å². The fourth-order valence-corrected chi connectivity index (χ4v) is 3.44. The van der Waals surface area contributed by atoms with E-state index in [1.807, 2.05) is 5.32 Å². The minimum Gasteiger partial charge on any atom is -0.334 e. The van der Waals surface area contributed by atoms with Gasteiger partial charge in [0.25, 0.3) is 0 Å². The number of anilines is 1. The number of likely N-dealkylation sites (N-methyl/N-ethyl adjacent to an activating group) is 1. The molecule has 0 bridgehead atoms. The van der Waals surface area contributed by atoms with Crippen LogP contribution in [0.2, 0.25) is 5.02 Å². The number of halogens is 3. The molecular formula is C13H13ClF2N2O2S. The van der Waals surface area contributed by atoms with Crippen molar-refractivity contribution >= 4 is 40.9 Å². The molecule has 1 aromatic carbocycles. The number of hydrogen-bond donors (Lipinski definition) is 1. The Morgan fingerprint density at radius 2 is 2.00 bits per heavy atom. The second-order valence-electron chi connectivity index (χ2n) is 4.63. The molecular weight excluding hydrogens is 322 g/mol. The third kappa shape index (κ3) is 3.65. The Morgan fingerprint density at radius 3 is 2.52 bits per heavy atom. The van der Waals surface area contributed by atoms with Crippen molar-refractivity contribution in [1.29, 1.82) is 0 Å². The van der Waals surface area contributed by atoms with Crippen molar-refractivity contribution in [2.45, 2.75) is 12.5 Å². The summed E-state index contributed by atoms with van der Waals surface area (Å²) in [5.41, 5.74) is -0.674. The highest BCUT2D eigenvalue weighted by molar-refractivity contribution is 7.99. The van der Waals surface area contributed by atoms with Crippen LogP contribution in [0.15, 0.2) is 12.1 Å². The van der Waals surface area contributed by atoms with E-state index < -0.39 is 29.1 Å². The first-order chi connectivity index (χ1) is 9.90. The fourth-order valence-electron chi connectivity index (χ4n) is 1.98. The molecule has 1 aliphatic rings. The topological polar surface area (TPSA) is 49.4 Å². The molecule has 0 radical (unpaired) electrons. The zero-order chi connectivity index (χ0) is 15.6. The molecule has 114 valence electrons. The SMILES string of the molecule is CN(C(=O)C(=O)Nc1c(F)cc(Cl)cc1F)C1CCSC1. The summed E-state index contributed by atoms with van der Waals surface area (Å²) in [5.74, 6) is -2.28. The van der Waals surface area contributed by atoms with Crippen molar-refractivity contribution < 1.29 is 18.4 Å². The lowest BCUT2D eigenvalue weighted by molar-refractivity contribution is -0.143. The van der Waals surface area contributed by atoms with Crippen LogP contribution < -0.4 is 5.32 Å². The van der Waals surface area contributed by atoms with Gasteiger partial charge < -0.3 is 10.2 Å². The van der Waals surface area contributed by atoms with Gasteiger partial charge in [-0.05, 0) is 24.3 Å². The summed E-state index contributed by atoms with van der Waals surface area (Å²) in [4.78, 5) is 25.1. The van der Waals surface area contributed by atoms with E-state index in [2.05, 4.69) is 0 Å². The minimum absolute atomic E-state index is 0.0341. The molecule has 1 saturated heterocycles. The van der Waals surface area contributed by atoms with E-state index in [9.17, 15) is 18.4 Å². The lowest BCUT2D eigenvalue weighted by Gasteiger charge is -2.23. The summed E-state index contributed by atoms with van der Waals surface area (Å²) < 4.78 is 27.1.